The van der Waals surface area contributed by atoms with Crippen LogP contribution in [0, 0.1) is 0 Å². The molecule has 128 valence electrons. The van der Waals surface area contributed by atoms with Gasteiger partial charge in [-0.05, 0) is 52.7 Å². The standard InChI is InChI=1S/C18H28N2O3/c1-5-22-16-9-7-6-8-15(16)19-14-10-12-20(13-11-14)17(21)23-18(2,3)4/h6-9,14,19H,5,10-13H2,1-4H3. The maximum absolute atomic E-state index is 12.1. The molecule has 0 radical (unpaired) electrons. The van der Waals surface area contributed by atoms with Crippen molar-refractivity contribution >= 4 is 11.8 Å². The lowest BCUT2D eigenvalue weighted by Gasteiger charge is -2.34. The number of ether oxygens (including phenoxy) is 2. The Hall–Kier alpha value is -1.91. The van der Waals surface area contributed by atoms with Crippen LogP contribution in [0.3, 0.4) is 0 Å². The van der Waals surface area contributed by atoms with Gasteiger partial charge in [0.15, 0.2) is 0 Å². The summed E-state index contributed by atoms with van der Waals surface area (Å²) in [5.74, 6) is 0.879. The number of likely N-dealkylation sites (tertiary alicyclic amines) is 1. The van der Waals surface area contributed by atoms with Gasteiger partial charge in [-0.3, -0.25) is 0 Å². The van der Waals surface area contributed by atoms with Crippen LogP contribution in [0.4, 0.5) is 10.5 Å². The molecule has 0 saturated carbocycles. The second kappa shape index (κ2) is 7.57. The van der Waals surface area contributed by atoms with Crippen molar-refractivity contribution in [2.75, 3.05) is 25.0 Å². The summed E-state index contributed by atoms with van der Waals surface area (Å²) < 4.78 is 11.1. The SMILES string of the molecule is CCOc1ccccc1NC1CCN(C(=O)OC(C)(C)C)CC1. The summed E-state index contributed by atoms with van der Waals surface area (Å²) in [6, 6.07) is 8.32. The van der Waals surface area contributed by atoms with Crippen LogP contribution >= 0.6 is 0 Å². The zero-order chi connectivity index (χ0) is 16.9. The zero-order valence-corrected chi connectivity index (χ0v) is 14.6. The molecule has 1 aromatic carbocycles. The fourth-order valence-corrected chi connectivity index (χ4v) is 2.62. The van der Waals surface area contributed by atoms with Crippen LogP contribution in [0.15, 0.2) is 24.3 Å². The van der Waals surface area contributed by atoms with Gasteiger partial charge in [0.1, 0.15) is 11.4 Å². The van der Waals surface area contributed by atoms with E-state index in [1.165, 1.54) is 0 Å². The Kier molecular flexibility index (Phi) is 5.74. The van der Waals surface area contributed by atoms with Gasteiger partial charge in [-0.25, -0.2) is 4.79 Å². The molecule has 1 saturated heterocycles. The highest BCUT2D eigenvalue weighted by Gasteiger charge is 2.27. The number of amides is 1. The molecule has 1 aliphatic heterocycles. The minimum atomic E-state index is -0.442. The minimum Gasteiger partial charge on any atom is -0.492 e. The molecule has 1 N–H and O–H groups in total. The highest BCUT2D eigenvalue weighted by atomic mass is 16.6. The number of carbonyl (C=O) groups excluding carboxylic acids is 1. The number of para-hydroxylation sites is 2. The summed E-state index contributed by atoms with van der Waals surface area (Å²) in [4.78, 5) is 13.9. The van der Waals surface area contributed by atoms with Gasteiger partial charge in [-0.1, -0.05) is 12.1 Å². The van der Waals surface area contributed by atoms with E-state index in [-0.39, 0.29) is 6.09 Å². The summed E-state index contributed by atoms with van der Waals surface area (Å²) in [6.07, 6.45) is 1.59. The molecule has 2 rings (SSSR count). The Morgan fingerprint density at radius 3 is 2.52 bits per heavy atom. The highest BCUT2D eigenvalue weighted by molar-refractivity contribution is 5.68. The molecule has 0 bridgehead atoms. The summed E-state index contributed by atoms with van der Waals surface area (Å²) in [5, 5.41) is 3.54. The van der Waals surface area contributed by atoms with Crippen LogP contribution in [-0.4, -0.2) is 42.3 Å². The molecule has 0 atom stereocenters. The fourth-order valence-electron chi connectivity index (χ4n) is 2.62. The van der Waals surface area contributed by atoms with Crippen LogP contribution in [0.5, 0.6) is 5.75 Å². The van der Waals surface area contributed by atoms with Crippen molar-refractivity contribution in [3.8, 4) is 5.75 Å². The molecule has 23 heavy (non-hydrogen) atoms. The van der Waals surface area contributed by atoms with E-state index in [4.69, 9.17) is 9.47 Å². The summed E-state index contributed by atoms with van der Waals surface area (Å²) in [7, 11) is 0. The normalized spacial score (nSPS) is 16.1. The van der Waals surface area contributed by atoms with E-state index in [0.717, 1.165) is 24.3 Å². The van der Waals surface area contributed by atoms with Gasteiger partial charge in [0.25, 0.3) is 0 Å². The van der Waals surface area contributed by atoms with Crippen molar-refractivity contribution in [3.05, 3.63) is 24.3 Å². The van der Waals surface area contributed by atoms with Gasteiger partial charge >= 0.3 is 6.09 Å². The fraction of sp³-hybridized carbons (Fsp3) is 0.611. The van der Waals surface area contributed by atoms with E-state index in [1.54, 1.807) is 4.90 Å². The van der Waals surface area contributed by atoms with Crippen molar-refractivity contribution < 1.29 is 14.3 Å². The van der Waals surface area contributed by atoms with Crippen molar-refractivity contribution in [3.63, 3.8) is 0 Å². The summed E-state index contributed by atoms with van der Waals surface area (Å²) in [5.41, 5.74) is 0.577. The van der Waals surface area contributed by atoms with Crippen LogP contribution in [0.1, 0.15) is 40.5 Å². The molecule has 0 aromatic heterocycles. The van der Waals surface area contributed by atoms with Gasteiger partial charge in [0.2, 0.25) is 0 Å². The molecule has 1 heterocycles. The number of benzene rings is 1. The topological polar surface area (TPSA) is 50.8 Å². The first-order chi connectivity index (χ1) is 10.9. The lowest BCUT2D eigenvalue weighted by Crippen LogP contribution is -2.44. The van der Waals surface area contributed by atoms with E-state index in [0.29, 0.717) is 25.7 Å². The van der Waals surface area contributed by atoms with Crippen LogP contribution in [-0.2, 0) is 4.74 Å². The molecule has 5 nitrogen and oxygen atoms in total. The number of anilines is 1. The summed E-state index contributed by atoms with van der Waals surface area (Å²) >= 11 is 0. The molecule has 1 amide bonds. The largest absolute Gasteiger partial charge is 0.492 e. The molecule has 0 unspecified atom stereocenters. The predicted octanol–water partition coefficient (Wildman–Crippen LogP) is 3.90. The van der Waals surface area contributed by atoms with Crippen molar-refractivity contribution in [1.82, 2.24) is 4.90 Å². The number of nitrogens with zero attached hydrogens (tertiary/aromatic N) is 1. The number of hydrogen-bond acceptors (Lipinski definition) is 4. The average Bonchev–Trinajstić information content (AvgIpc) is 2.48. The van der Waals surface area contributed by atoms with Crippen LogP contribution in [0.2, 0.25) is 0 Å². The number of rotatable bonds is 4. The Morgan fingerprint density at radius 1 is 1.26 bits per heavy atom. The minimum absolute atomic E-state index is 0.217. The second-order valence-corrected chi connectivity index (χ2v) is 6.82. The number of carbonyl (C=O) groups is 1. The molecule has 1 fully saturated rings. The monoisotopic (exact) mass is 320 g/mol. The molecule has 1 aliphatic rings. The van der Waals surface area contributed by atoms with Crippen LogP contribution < -0.4 is 10.1 Å². The van der Waals surface area contributed by atoms with Crippen molar-refractivity contribution in [2.24, 2.45) is 0 Å². The van der Waals surface area contributed by atoms with E-state index >= 15 is 0 Å². The quantitative estimate of drug-likeness (QED) is 0.914. The number of piperidine rings is 1. The third-order valence-corrected chi connectivity index (χ3v) is 3.69. The predicted molar refractivity (Wildman–Crippen MR) is 92.1 cm³/mol. The lowest BCUT2D eigenvalue weighted by atomic mass is 10.0. The Morgan fingerprint density at radius 2 is 1.91 bits per heavy atom. The van der Waals surface area contributed by atoms with Crippen molar-refractivity contribution in [1.29, 1.82) is 0 Å². The second-order valence-electron chi connectivity index (χ2n) is 6.82. The maximum Gasteiger partial charge on any atom is 0.410 e. The third-order valence-electron chi connectivity index (χ3n) is 3.69. The van der Waals surface area contributed by atoms with E-state index in [9.17, 15) is 4.79 Å². The van der Waals surface area contributed by atoms with E-state index < -0.39 is 5.60 Å². The smallest absolute Gasteiger partial charge is 0.410 e. The van der Waals surface area contributed by atoms with Gasteiger partial charge < -0.3 is 19.7 Å². The van der Waals surface area contributed by atoms with E-state index in [1.807, 2.05) is 52.0 Å². The summed E-state index contributed by atoms with van der Waals surface area (Å²) in [6.45, 7) is 9.73. The van der Waals surface area contributed by atoms with Crippen LogP contribution in [0.25, 0.3) is 0 Å². The molecule has 1 aromatic rings. The van der Waals surface area contributed by atoms with Gasteiger partial charge in [0, 0.05) is 19.1 Å². The molecule has 5 heteroatoms. The molecule has 0 spiro atoms. The van der Waals surface area contributed by atoms with Crippen molar-refractivity contribution in [2.45, 2.75) is 52.2 Å². The van der Waals surface area contributed by atoms with Gasteiger partial charge in [0.05, 0.1) is 12.3 Å². The first-order valence-corrected chi connectivity index (χ1v) is 8.35. The Labute approximate surface area is 139 Å². The molecular weight excluding hydrogens is 292 g/mol. The first kappa shape index (κ1) is 17.4. The Bertz CT molecular complexity index is 517. The van der Waals surface area contributed by atoms with Gasteiger partial charge in [-0.15, -0.1) is 0 Å². The lowest BCUT2D eigenvalue weighted by molar-refractivity contribution is 0.0210. The Balaban J connectivity index is 1.87. The zero-order valence-electron chi connectivity index (χ0n) is 14.6. The van der Waals surface area contributed by atoms with Gasteiger partial charge in [-0.2, -0.15) is 0 Å². The maximum atomic E-state index is 12.1. The first-order valence-electron chi connectivity index (χ1n) is 8.35. The third kappa shape index (κ3) is 5.34. The number of hydrogen-bond donors (Lipinski definition) is 1. The average molecular weight is 320 g/mol. The molecule has 0 aliphatic carbocycles. The molecular formula is C18H28N2O3. The number of nitrogens with one attached hydrogen (secondary N) is 1. The van der Waals surface area contributed by atoms with E-state index in [2.05, 4.69) is 5.32 Å². The highest BCUT2D eigenvalue weighted by Crippen LogP contribution is 2.26.